The van der Waals surface area contributed by atoms with Crippen molar-refractivity contribution in [1.82, 2.24) is 0 Å². The molecular weight excluding hydrogens is 212 g/mol. The second-order valence-corrected chi connectivity index (χ2v) is 5.14. The fourth-order valence-electron chi connectivity index (χ4n) is 1.77. The largest absolute Gasteiger partial charge is 0.481 e. The summed E-state index contributed by atoms with van der Waals surface area (Å²) < 4.78 is 0. The Morgan fingerprint density at radius 2 is 1.59 bits per heavy atom. The third kappa shape index (κ3) is 15.2. The molecule has 0 unspecified atom stereocenters. The van der Waals surface area contributed by atoms with Crippen molar-refractivity contribution >= 4 is 5.97 Å². The summed E-state index contributed by atoms with van der Waals surface area (Å²) in [6.07, 6.45) is 14.1. The number of rotatable bonds is 11. The van der Waals surface area contributed by atoms with E-state index in [1.165, 1.54) is 25.7 Å². The molecule has 0 fully saturated rings. The van der Waals surface area contributed by atoms with Crippen molar-refractivity contribution in [3.8, 4) is 0 Å². The smallest absolute Gasteiger partial charge is 0.303 e. The third-order valence-electron chi connectivity index (χ3n) is 2.83. The van der Waals surface area contributed by atoms with Crippen LogP contribution in [0.25, 0.3) is 0 Å². The van der Waals surface area contributed by atoms with Crippen LogP contribution in [0.15, 0.2) is 12.2 Å². The zero-order valence-electron chi connectivity index (χ0n) is 11.5. The van der Waals surface area contributed by atoms with E-state index in [-0.39, 0.29) is 0 Å². The summed E-state index contributed by atoms with van der Waals surface area (Å²) in [5.41, 5.74) is 0. The first kappa shape index (κ1) is 16.2. The second kappa shape index (κ2) is 11.7. The van der Waals surface area contributed by atoms with Crippen molar-refractivity contribution < 1.29 is 9.90 Å². The molecule has 0 rings (SSSR count). The number of carbonyl (C=O) groups is 1. The summed E-state index contributed by atoms with van der Waals surface area (Å²) in [6.45, 7) is 4.54. The lowest BCUT2D eigenvalue weighted by molar-refractivity contribution is -0.137. The van der Waals surface area contributed by atoms with Crippen LogP contribution < -0.4 is 0 Å². The molecule has 0 bridgehead atoms. The number of carboxylic acids is 1. The van der Waals surface area contributed by atoms with Crippen LogP contribution in [0, 0.1) is 5.92 Å². The number of hydrogen-bond acceptors (Lipinski definition) is 1. The molecular formula is C15H28O2. The lowest BCUT2D eigenvalue weighted by atomic mass is 10.1. The zero-order valence-corrected chi connectivity index (χ0v) is 11.5. The number of carboxylic acid groups (broad SMARTS) is 1. The van der Waals surface area contributed by atoms with Crippen molar-refractivity contribution in [2.75, 3.05) is 0 Å². The minimum absolute atomic E-state index is 0.318. The fraction of sp³-hybridized carbons (Fsp3) is 0.800. The first-order chi connectivity index (χ1) is 8.13. The normalized spacial score (nSPS) is 11.5. The first-order valence-corrected chi connectivity index (χ1v) is 6.99. The van der Waals surface area contributed by atoms with Gasteiger partial charge in [0.2, 0.25) is 0 Å². The monoisotopic (exact) mass is 240 g/mol. The third-order valence-corrected chi connectivity index (χ3v) is 2.83. The van der Waals surface area contributed by atoms with Crippen LogP contribution in [0.5, 0.6) is 0 Å². The number of unbranched alkanes of at least 4 members (excludes halogenated alkanes) is 5. The highest BCUT2D eigenvalue weighted by Gasteiger charge is 1.95. The van der Waals surface area contributed by atoms with Gasteiger partial charge >= 0.3 is 5.97 Å². The average molecular weight is 240 g/mol. The topological polar surface area (TPSA) is 37.3 Å². The van der Waals surface area contributed by atoms with E-state index in [2.05, 4.69) is 26.0 Å². The van der Waals surface area contributed by atoms with Crippen molar-refractivity contribution in [2.24, 2.45) is 5.92 Å². The molecule has 0 spiro atoms. The van der Waals surface area contributed by atoms with Crippen LogP contribution in [-0.2, 0) is 4.79 Å². The van der Waals surface area contributed by atoms with Gasteiger partial charge in [0.25, 0.3) is 0 Å². The molecule has 0 aromatic carbocycles. The number of hydrogen-bond donors (Lipinski definition) is 1. The van der Waals surface area contributed by atoms with E-state index in [4.69, 9.17) is 5.11 Å². The van der Waals surface area contributed by atoms with Crippen molar-refractivity contribution in [2.45, 2.75) is 71.6 Å². The Kier molecular flexibility index (Phi) is 11.1. The maximum absolute atomic E-state index is 10.3. The summed E-state index contributed by atoms with van der Waals surface area (Å²) in [6, 6.07) is 0. The van der Waals surface area contributed by atoms with Crippen LogP contribution in [0.3, 0.4) is 0 Å². The predicted octanol–water partition coefficient (Wildman–Crippen LogP) is 4.79. The van der Waals surface area contributed by atoms with Gasteiger partial charge in [-0.1, -0.05) is 45.3 Å². The molecule has 100 valence electrons. The quantitative estimate of drug-likeness (QED) is 0.416. The molecule has 0 saturated carbocycles. The average Bonchev–Trinajstić information content (AvgIpc) is 2.25. The summed E-state index contributed by atoms with van der Waals surface area (Å²) in [5.74, 6) is 0.152. The molecule has 0 amide bonds. The van der Waals surface area contributed by atoms with E-state index < -0.39 is 5.97 Å². The van der Waals surface area contributed by atoms with E-state index in [0.29, 0.717) is 6.42 Å². The van der Waals surface area contributed by atoms with Crippen LogP contribution >= 0.6 is 0 Å². The van der Waals surface area contributed by atoms with E-state index in [9.17, 15) is 4.79 Å². The Bertz CT molecular complexity index is 207. The molecule has 1 N–H and O–H groups in total. The highest BCUT2D eigenvalue weighted by Crippen LogP contribution is 2.09. The Morgan fingerprint density at radius 3 is 2.12 bits per heavy atom. The molecule has 0 aliphatic carbocycles. The molecule has 0 saturated heterocycles. The van der Waals surface area contributed by atoms with Crippen LogP contribution in [-0.4, -0.2) is 11.1 Å². The standard InChI is InChI=1S/C15H28O2/c1-14(2)12-10-8-6-4-3-5-7-9-11-13-15(16)17/h3-4,14H,5-13H2,1-2H3,(H,16,17)/b4-3+. The SMILES string of the molecule is CC(C)CCCC/C=C/CCCCCC(=O)O. The van der Waals surface area contributed by atoms with Gasteiger partial charge in [-0.2, -0.15) is 0 Å². The Hall–Kier alpha value is -0.790. The Labute approximate surface area is 106 Å². The molecule has 2 nitrogen and oxygen atoms in total. The van der Waals surface area contributed by atoms with Crippen LogP contribution in [0.1, 0.15) is 71.6 Å². The maximum Gasteiger partial charge on any atom is 0.303 e. The highest BCUT2D eigenvalue weighted by molar-refractivity contribution is 5.66. The molecule has 0 aliphatic rings. The van der Waals surface area contributed by atoms with E-state index in [0.717, 1.165) is 31.6 Å². The zero-order chi connectivity index (χ0) is 12.9. The summed E-state index contributed by atoms with van der Waals surface area (Å²) in [7, 11) is 0. The van der Waals surface area contributed by atoms with Gasteiger partial charge in [-0.05, 0) is 38.0 Å². The molecule has 0 radical (unpaired) electrons. The van der Waals surface area contributed by atoms with Crippen molar-refractivity contribution in [3.63, 3.8) is 0 Å². The van der Waals surface area contributed by atoms with Crippen molar-refractivity contribution in [3.05, 3.63) is 12.2 Å². The highest BCUT2D eigenvalue weighted by atomic mass is 16.4. The second-order valence-electron chi connectivity index (χ2n) is 5.14. The molecule has 0 aromatic heterocycles. The molecule has 17 heavy (non-hydrogen) atoms. The van der Waals surface area contributed by atoms with Crippen LogP contribution in [0.2, 0.25) is 0 Å². The molecule has 2 heteroatoms. The summed E-state index contributed by atoms with van der Waals surface area (Å²) in [5, 5.41) is 8.46. The van der Waals surface area contributed by atoms with Gasteiger partial charge in [0.1, 0.15) is 0 Å². The first-order valence-electron chi connectivity index (χ1n) is 6.99. The summed E-state index contributed by atoms with van der Waals surface area (Å²) >= 11 is 0. The molecule has 0 aromatic rings. The lowest BCUT2D eigenvalue weighted by Gasteiger charge is -2.01. The fourth-order valence-corrected chi connectivity index (χ4v) is 1.77. The van der Waals surface area contributed by atoms with Gasteiger partial charge in [0, 0.05) is 6.42 Å². The Balaban J connectivity index is 3.12. The van der Waals surface area contributed by atoms with Gasteiger partial charge in [-0.3, -0.25) is 4.79 Å². The Morgan fingerprint density at radius 1 is 1.00 bits per heavy atom. The van der Waals surface area contributed by atoms with Crippen molar-refractivity contribution in [1.29, 1.82) is 0 Å². The van der Waals surface area contributed by atoms with Gasteiger partial charge < -0.3 is 5.11 Å². The predicted molar refractivity (Wildman–Crippen MR) is 73.2 cm³/mol. The number of allylic oxidation sites excluding steroid dienone is 2. The lowest BCUT2D eigenvalue weighted by Crippen LogP contribution is -1.93. The molecule has 0 aliphatic heterocycles. The van der Waals surface area contributed by atoms with Gasteiger partial charge in [-0.15, -0.1) is 0 Å². The minimum atomic E-state index is -0.675. The van der Waals surface area contributed by atoms with Gasteiger partial charge in [-0.25, -0.2) is 0 Å². The maximum atomic E-state index is 10.3. The van der Waals surface area contributed by atoms with E-state index in [1.807, 2.05) is 0 Å². The minimum Gasteiger partial charge on any atom is -0.481 e. The van der Waals surface area contributed by atoms with E-state index in [1.54, 1.807) is 0 Å². The van der Waals surface area contributed by atoms with Crippen LogP contribution in [0.4, 0.5) is 0 Å². The van der Waals surface area contributed by atoms with Gasteiger partial charge in [0.15, 0.2) is 0 Å². The molecule has 0 atom stereocenters. The van der Waals surface area contributed by atoms with Gasteiger partial charge in [0.05, 0.1) is 0 Å². The molecule has 0 heterocycles. The summed E-state index contributed by atoms with van der Waals surface area (Å²) in [4.78, 5) is 10.3. The number of aliphatic carboxylic acids is 1. The van der Waals surface area contributed by atoms with E-state index >= 15 is 0 Å².